The quantitative estimate of drug-likeness (QED) is 0.762. The Hall–Kier alpha value is -2.11. The molecule has 1 saturated heterocycles. The number of rotatable bonds is 3. The van der Waals surface area contributed by atoms with Crippen molar-refractivity contribution in [2.24, 2.45) is 0 Å². The van der Waals surface area contributed by atoms with Crippen molar-refractivity contribution in [2.45, 2.75) is 30.7 Å². The largest absolute Gasteiger partial charge is 0.475 e. The van der Waals surface area contributed by atoms with Gasteiger partial charge in [0.25, 0.3) is 0 Å². The molecule has 1 fully saturated rings. The Morgan fingerprint density at radius 1 is 1.20 bits per heavy atom. The third kappa shape index (κ3) is 3.78. The Morgan fingerprint density at radius 2 is 2.00 bits per heavy atom. The summed E-state index contributed by atoms with van der Waals surface area (Å²) >= 11 is 1.24. The van der Waals surface area contributed by atoms with Crippen molar-refractivity contribution >= 4 is 11.8 Å². The van der Waals surface area contributed by atoms with Gasteiger partial charge in [-0.2, -0.15) is 5.26 Å². The molecule has 0 aliphatic carbocycles. The number of ether oxygens (including phenoxy) is 1. The van der Waals surface area contributed by atoms with E-state index in [0.29, 0.717) is 11.3 Å². The fourth-order valence-corrected chi connectivity index (χ4v) is 3.83. The lowest BCUT2D eigenvalue weighted by molar-refractivity contribution is -0.0786. The topological polar surface area (TPSA) is 107 Å². The van der Waals surface area contributed by atoms with Crippen molar-refractivity contribution in [3.63, 3.8) is 0 Å². The lowest BCUT2D eigenvalue weighted by Crippen LogP contribution is -2.50. The van der Waals surface area contributed by atoms with Gasteiger partial charge in [-0.1, -0.05) is 6.07 Å². The third-order valence-electron chi connectivity index (χ3n) is 4.09. The predicted molar refractivity (Wildman–Crippen MR) is 94.0 cm³/mol. The molecule has 0 radical (unpaired) electrons. The molecule has 0 spiro atoms. The molecule has 25 heavy (non-hydrogen) atoms. The fraction of sp³-hybridized carbons (Fsp3) is 0.333. The summed E-state index contributed by atoms with van der Waals surface area (Å²) in [5, 5.41) is 38.4. The molecule has 0 amide bonds. The summed E-state index contributed by atoms with van der Waals surface area (Å²) in [6, 6.07) is 9.32. The van der Waals surface area contributed by atoms with Crippen LogP contribution < -0.4 is 4.74 Å². The average Bonchev–Trinajstić information content (AvgIpc) is 2.62. The van der Waals surface area contributed by atoms with Crippen molar-refractivity contribution < 1.29 is 20.1 Å². The fourth-order valence-electron chi connectivity index (χ4n) is 2.70. The lowest BCUT2D eigenvalue weighted by atomic mass is 10.00. The highest BCUT2D eigenvalue weighted by Crippen LogP contribution is 2.31. The van der Waals surface area contributed by atoms with E-state index in [0.717, 1.165) is 16.7 Å². The van der Waals surface area contributed by atoms with Crippen LogP contribution in [0.4, 0.5) is 0 Å². The number of nitrogens with zero attached hydrogens (tertiary/aromatic N) is 2. The molecule has 0 saturated carbocycles. The Labute approximate surface area is 149 Å². The second kappa shape index (κ2) is 7.42. The molecule has 2 heterocycles. The van der Waals surface area contributed by atoms with Gasteiger partial charge in [0, 0.05) is 17.5 Å². The number of aliphatic hydroxyl groups excluding tert-OH is 3. The number of pyridine rings is 1. The van der Waals surface area contributed by atoms with Gasteiger partial charge in [-0.25, -0.2) is 0 Å². The summed E-state index contributed by atoms with van der Waals surface area (Å²) in [5.41, 5.74) is 2.62. The average molecular weight is 358 g/mol. The van der Waals surface area contributed by atoms with Crippen LogP contribution in [0.3, 0.4) is 0 Å². The van der Waals surface area contributed by atoms with Gasteiger partial charge < -0.3 is 20.1 Å². The number of thioether (sulfide) groups is 1. The standard InChI is InChI=1S/C18H18N2O4S/c1-10-4-11(6-19)2-3-14(10)12-5-13(8-20-7-12)24-18-17(23)16(22)15(21)9-25-18/h2-5,7-8,15-18,21-23H,9H2,1H3/t15-,16+,17-,18+/m1/s1. The van der Waals surface area contributed by atoms with Gasteiger partial charge in [0.05, 0.1) is 23.9 Å². The first-order valence-corrected chi connectivity index (χ1v) is 8.83. The Bertz CT molecular complexity index is 808. The minimum atomic E-state index is -1.23. The summed E-state index contributed by atoms with van der Waals surface area (Å²) in [7, 11) is 0. The lowest BCUT2D eigenvalue weighted by Gasteiger charge is -2.34. The van der Waals surface area contributed by atoms with E-state index in [1.54, 1.807) is 24.4 Å². The van der Waals surface area contributed by atoms with Crippen LogP contribution >= 0.6 is 11.8 Å². The van der Waals surface area contributed by atoms with Crippen molar-refractivity contribution in [1.29, 1.82) is 5.26 Å². The maximum absolute atomic E-state index is 10.1. The van der Waals surface area contributed by atoms with E-state index >= 15 is 0 Å². The van der Waals surface area contributed by atoms with Crippen LogP contribution in [0, 0.1) is 18.3 Å². The maximum atomic E-state index is 10.1. The zero-order chi connectivity index (χ0) is 18.0. The normalized spacial score (nSPS) is 26.0. The first-order valence-electron chi connectivity index (χ1n) is 7.78. The first-order chi connectivity index (χ1) is 12.0. The summed E-state index contributed by atoms with van der Waals surface area (Å²) in [4.78, 5) is 4.18. The predicted octanol–water partition coefficient (Wildman–Crippen LogP) is 1.46. The second-order valence-corrected chi connectivity index (χ2v) is 7.05. The minimum Gasteiger partial charge on any atom is -0.475 e. The summed E-state index contributed by atoms with van der Waals surface area (Å²) in [5.74, 6) is 0.742. The molecule has 2 aromatic rings. The summed E-state index contributed by atoms with van der Waals surface area (Å²) in [6.07, 6.45) is -0.153. The zero-order valence-electron chi connectivity index (χ0n) is 13.5. The summed E-state index contributed by atoms with van der Waals surface area (Å²) in [6.45, 7) is 1.92. The van der Waals surface area contributed by atoms with E-state index in [4.69, 9.17) is 10.00 Å². The molecule has 1 aliphatic rings. The van der Waals surface area contributed by atoms with E-state index < -0.39 is 23.7 Å². The number of aryl methyl sites for hydroxylation is 1. The van der Waals surface area contributed by atoms with Gasteiger partial charge in [-0.15, -0.1) is 11.8 Å². The van der Waals surface area contributed by atoms with E-state index in [1.165, 1.54) is 18.0 Å². The van der Waals surface area contributed by atoms with E-state index in [-0.39, 0.29) is 5.75 Å². The second-order valence-electron chi connectivity index (χ2n) is 5.92. The van der Waals surface area contributed by atoms with E-state index in [1.807, 2.05) is 13.0 Å². The van der Waals surface area contributed by atoms with Crippen molar-refractivity contribution in [2.75, 3.05) is 5.75 Å². The van der Waals surface area contributed by atoms with Crippen LogP contribution in [-0.2, 0) is 0 Å². The number of aromatic nitrogens is 1. The monoisotopic (exact) mass is 358 g/mol. The Morgan fingerprint density at radius 3 is 2.72 bits per heavy atom. The van der Waals surface area contributed by atoms with Gasteiger partial charge in [-0.05, 0) is 36.2 Å². The molecule has 130 valence electrons. The van der Waals surface area contributed by atoms with Crippen molar-refractivity contribution in [3.8, 4) is 22.9 Å². The summed E-state index contributed by atoms with van der Waals surface area (Å²) < 4.78 is 5.76. The van der Waals surface area contributed by atoms with E-state index in [2.05, 4.69) is 11.1 Å². The Balaban J connectivity index is 1.82. The van der Waals surface area contributed by atoms with Crippen molar-refractivity contribution in [3.05, 3.63) is 47.8 Å². The van der Waals surface area contributed by atoms with Gasteiger partial charge >= 0.3 is 0 Å². The van der Waals surface area contributed by atoms with Crippen LogP contribution in [-0.4, -0.2) is 49.8 Å². The smallest absolute Gasteiger partial charge is 0.173 e. The van der Waals surface area contributed by atoms with Crippen LogP contribution in [0.2, 0.25) is 0 Å². The molecule has 3 rings (SSSR count). The first kappa shape index (κ1) is 17.7. The van der Waals surface area contributed by atoms with Crippen molar-refractivity contribution in [1.82, 2.24) is 4.98 Å². The van der Waals surface area contributed by atoms with Gasteiger partial charge in [-0.3, -0.25) is 4.98 Å². The molecular weight excluding hydrogens is 340 g/mol. The van der Waals surface area contributed by atoms with Gasteiger partial charge in [0.15, 0.2) is 5.44 Å². The van der Waals surface area contributed by atoms with Crippen LogP contribution in [0.1, 0.15) is 11.1 Å². The molecule has 1 aromatic heterocycles. The minimum absolute atomic E-state index is 0.282. The molecule has 6 nitrogen and oxygen atoms in total. The molecule has 7 heteroatoms. The molecule has 4 atom stereocenters. The van der Waals surface area contributed by atoms with E-state index in [9.17, 15) is 15.3 Å². The highest BCUT2D eigenvalue weighted by atomic mass is 32.2. The molecule has 1 aromatic carbocycles. The number of hydrogen-bond acceptors (Lipinski definition) is 7. The van der Waals surface area contributed by atoms with Crippen LogP contribution in [0.5, 0.6) is 5.75 Å². The van der Waals surface area contributed by atoms with Gasteiger partial charge in [0.1, 0.15) is 18.0 Å². The molecular formula is C18H18N2O4S. The zero-order valence-corrected chi connectivity index (χ0v) is 14.3. The number of hydrogen-bond donors (Lipinski definition) is 3. The molecule has 3 N–H and O–H groups in total. The highest BCUT2D eigenvalue weighted by Gasteiger charge is 2.38. The number of aliphatic hydroxyl groups is 3. The molecule has 0 unspecified atom stereocenters. The number of benzene rings is 1. The SMILES string of the molecule is Cc1cc(C#N)ccc1-c1cncc(O[C@H]2SC[C@@H](O)[C@H](O)[C@H]2O)c1. The maximum Gasteiger partial charge on any atom is 0.173 e. The molecule has 0 bridgehead atoms. The van der Waals surface area contributed by atoms with Crippen LogP contribution in [0.25, 0.3) is 11.1 Å². The third-order valence-corrected chi connectivity index (χ3v) is 5.32. The number of nitriles is 1. The molecule has 1 aliphatic heterocycles. The van der Waals surface area contributed by atoms with Crippen LogP contribution in [0.15, 0.2) is 36.7 Å². The van der Waals surface area contributed by atoms with Gasteiger partial charge in [0.2, 0.25) is 0 Å². The Kier molecular flexibility index (Phi) is 5.25. The highest BCUT2D eigenvalue weighted by molar-refractivity contribution is 7.99.